The van der Waals surface area contributed by atoms with Gasteiger partial charge < -0.3 is 24.7 Å². The van der Waals surface area contributed by atoms with E-state index in [9.17, 15) is 4.79 Å². The standard InChI is InChI=1S/C28H41N3O3/c1-19(24(20(2)29-6)10-13-28(3,4)5)25-16-21-8-9-22(17-26(21)30-25)31(7)27(32)18-34-23-11-14-33-15-12-23/h8-9,16-17,23,29-30H,1,10-15,18H2,2-7H3/b24-20-. The summed E-state index contributed by atoms with van der Waals surface area (Å²) < 4.78 is 11.2. The molecule has 1 saturated heterocycles. The highest BCUT2D eigenvalue weighted by Crippen LogP contribution is 2.33. The van der Waals surface area contributed by atoms with Gasteiger partial charge >= 0.3 is 0 Å². The fraction of sp³-hybridized carbons (Fsp3) is 0.536. The lowest BCUT2D eigenvalue weighted by molar-refractivity contribution is -0.127. The van der Waals surface area contributed by atoms with Gasteiger partial charge in [0.15, 0.2) is 0 Å². The minimum atomic E-state index is -0.0564. The Hall–Kier alpha value is -2.57. The number of anilines is 1. The number of aromatic amines is 1. The number of hydrogen-bond acceptors (Lipinski definition) is 4. The molecule has 6 heteroatoms. The van der Waals surface area contributed by atoms with Crippen LogP contribution in [0.25, 0.3) is 16.5 Å². The smallest absolute Gasteiger partial charge is 0.252 e. The van der Waals surface area contributed by atoms with Gasteiger partial charge in [0.05, 0.1) is 6.10 Å². The molecule has 1 amide bonds. The van der Waals surface area contributed by atoms with Gasteiger partial charge in [-0.2, -0.15) is 0 Å². The lowest BCUT2D eigenvalue weighted by atomic mass is 9.86. The molecule has 3 rings (SSSR count). The minimum absolute atomic E-state index is 0.0564. The number of H-pyrrole nitrogens is 1. The van der Waals surface area contributed by atoms with Gasteiger partial charge in [-0.05, 0) is 67.4 Å². The van der Waals surface area contributed by atoms with Crippen LogP contribution in [-0.2, 0) is 14.3 Å². The molecule has 6 nitrogen and oxygen atoms in total. The third-order valence-electron chi connectivity index (χ3n) is 6.62. The van der Waals surface area contributed by atoms with E-state index >= 15 is 0 Å². The van der Waals surface area contributed by atoms with Crippen molar-refractivity contribution >= 4 is 28.1 Å². The third-order valence-corrected chi connectivity index (χ3v) is 6.62. The summed E-state index contributed by atoms with van der Waals surface area (Å²) in [5, 5.41) is 4.39. The molecule has 34 heavy (non-hydrogen) atoms. The molecule has 2 N–H and O–H groups in total. The first-order valence-corrected chi connectivity index (χ1v) is 12.2. The summed E-state index contributed by atoms with van der Waals surface area (Å²) in [6.45, 7) is 14.8. The summed E-state index contributed by atoms with van der Waals surface area (Å²) in [4.78, 5) is 17.9. The van der Waals surface area contributed by atoms with Gasteiger partial charge in [0.2, 0.25) is 0 Å². The highest BCUT2D eigenvalue weighted by molar-refractivity contribution is 5.97. The number of fused-ring (bicyclic) bond motifs is 1. The molecule has 0 spiro atoms. The van der Waals surface area contributed by atoms with Crippen LogP contribution in [0.5, 0.6) is 0 Å². The van der Waals surface area contributed by atoms with Gasteiger partial charge in [0.1, 0.15) is 6.61 Å². The van der Waals surface area contributed by atoms with E-state index < -0.39 is 0 Å². The number of rotatable bonds is 9. The van der Waals surface area contributed by atoms with Gasteiger partial charge in [-0.1, -0.05) is 33.4 Å². The number of amides is 1. The van der Waals surface area contributed by atoms with E-state index in [2.05, 4.69) is 50.6 Å². The zero-order valence-corrected chi connectivity index (χ0v) is 21.7. The number of aromatic nitrogens is 1. The molecule has 0 aliphatic carbocycles. The van der Waals surface area contributed by atoms with Crippen LogP contribution in [0.2, 0.25) is 0 Å². The van der Waals surface area contributed by atoms with Gasteiger partial charge in [0.25, 0.3) is 5.91 Å². The van der Waals surface area contributed by atoms with Crippen LogP contribution in [0.4, 0.5) is 5.69 Å². The van der Waals surface area contributed by atoms with Gasteiger partial charge in [-0.25, -0.2) is 0 Å². The fourth-order valence-corrected chi connectivity index (χ4v) is 4.14. The molecule has 0 saturated carbocycles. The van der Waals surface area contributed by atoms with Crippen LogP contribution < -0.4 is 10.2 Å². The largest absolute Gasteiger partial charge is 0.391 e. The van der Waals surface area contributed by atoms with Crippen molar-refractivity contribution < 1.29 is 14.3 Å². The first-order valence-electron chi connectivity index (χ1n) is 12.2. The van der Waals surface area contributed by atoms with Crippen molar-refractivity contribution in [3.63, 3.8) is 0 Å². The zero-order chi connectivity index (χ0) is 24.9. The second kappa shape index (κ2) is 11.2. The van der Waals surface area contributed by atoms with Crippen molar-refractivity contribution in [2.45, 2.75) is 59.5 Å². The van der Waals surface area contributed by atoms with Crippen LogP contribution in [0, 0.1) is 5.41 Å². The third kappa shape index (κ3) is 6.73. The molecule has 1 fully saturated rings. The average molecular weight is 468 g/mol. The van der Waals surface area contributed by atoms with Crippen molar-refractivity contribution in [1.82, 2.24) is 10.3 Å². The lowest BCUT2D eigenvalue weighted by Gasteiger charge is -2.24. The Morgan fingerprint density at radius 1 is 1.26 bits per heavy atom. The predicted molar refractivity (Wildman–Crippen MR) is 141 cm³/mol. The number of carbonyl (C=O) groups is 1. The highest BCUT2D eigenvalue weighted by atomic mass is 16.5. The predicted octanol–water partition coefficient (Wildman–Crippen LogP) is 5.66. The first kappa shape index (κ1) is 26.0. The monoisotopic (exact) mass is 467 g/mol. The second-order valence-corrected chi connectivity index (χ2v) is 10.4. The molecule has 1 aromatic heterocycles. The Balaban J connectivity index is 1.74. The van der Waals surface area contributed by atoms with Crippen molar-refractivity contribution in [3.8, 4) is 0 Å². The molecule has 1 aromatic carbocycles. The number of ether oxygens (including phenoxy) is 2. The van der Waals surface area contributed by atoms with Gasteiger partial charge in [0, 0.05) is 55.3 Å². The first-order chi connectivity index (χ1) is 16.1. The number of hydrogen-bond donors (Lipinski definition) is 2. The molecule has 0 bridgehead atoms. The molecule has 186 valence electrons. The molecular formula is C28H41N3O3. The molecule has 2 heterocycles. The van der Waals surface area contributed by atoms with E-state index in [1.807, 2.05) is 25.2 Å². The fourth-order valence-electron chi connectivity index (χ4n) is 4.14. The molecule has 0 unspecified atom stereocenters. The summed E-state index contributed by atoms with van der Waals surface area (Å²) in [7, 11) is 3.75. The molecule has 1 aliphatic rings. The van der Waals surface area contributed by atoms with Crippen LogP contribution in [0.1, 0.15) is 59.1 Å². The normalized spacial score (nSPS) is 15.8. The van der Waals surface area contributed by atoms with E-state index in [-0.39, 0.29) is 24.0 Å². The van der Waals surface area contributed by atoms with Crippen molar-refractivity contribution in [2.24, 2.45) is 5.41 Å². The Bertz CT molecular complexity index is 1040. The van der Waals surface area contributed by atoms with E-state index in [4.69, 9.17) is 9.47 Å². The highest BCUT2D eigenvalue weighted by Gasteiger charge is 2.19. The van der Waals surface area contributed by atoms with E-state index in [1.165, 1.54) is 5.57 Å². The summed E-state index contributed by atoms with van der Waals surface area (Å²) in [6, 6.07) is 8.17. The number of nitrogens with zero attached hydrogens (tertiary/aromatic N) is 1. The van der Waals surface area contributed by atoms with E-state index in [0.29, 0.717) is 13.2 Å². The Kier molecular flexibility index (Phi) is 8.61. The summed E-state index contributed by atoms with van der Waals surface area (Å²) in [5.74, 6) is -0.0564. The van der Waals surface area contributed by atoms with E-state index in [0.717, 1.165) is 59.2 Å². The Labute approximate surface area is 204 Å². The Morgan fingerprint density at radius 2 is 1.97 bits per heavy atom. The maximum atomic E-state index is 12.7. The number of likely N-dealkylation sites (N-methyl/N-ethyl adjacent to an activating group) is 1. The lowest BCUT2D eigenvalue weighted by Crippen LogP contribution is -2.33. The van der Waals surface area contributed by atoms with Crippen LogP contribution in [0.3, 0.4) is 0 Å². The van der Waals surface area contributed by atoms with Crippen LogP contribution >= 0.6 is 0 Å². The van der Waals surface area contributed by atoms with Crippen LogP contribution in [-0.4, -0.2) is 50.9 Å². The summed E-state index contributed by atoms with van der Waals surface area (Å²) >= 11 is 0. The number of allylic oxidation sites excluding steroid dienone is 3. The number of carbonyl (C=O) groups excluding carboxylic acids is 1. The maximum Gasteiger partial charge on any atom is 0.252 e. The topological polar surface area (TPSA) is 66.6 Å². The van der Waals surface area contributed by atoms with Crippen LogP contribution in [0.15, 0.2) is 42.1 Å². The SMILES string of the molecule is C=C(/C(CCC(C)(C)C)=C(/C)NC)c1cc2ccc(N(C)C(=O)COC3CCOCC3)cc2[nH]1. The molecular weight excluding hydrogens is 426 g/mol. The maximum absolute atomic E-state index is 12.7. The molecule has 2 aromatic rings. The summed E-state index contributed by atoms with van der Waals surface area (Å²) in [5.41, 5.74) is 6.45. The van der Waals surface area contributed by atoms with E-state index in [1.54, 1.807) is 11.9 Å². The second-order valence-electron chi connectivity index (χ2n) is 10.4. The van der Waals surface area contributed by atoms with Crippen molar-refractivity contribution in [1.29, 1.82) is 0 Å². The quantitative estimate of drug-likeness (QED) is 0.467. The number of benzene rings is 1. The van der Waals surface area contributed by atoms with Gasteiger partial charge in [-0.3, -0.25) is 4.79 Å². The molecule has 1 aliphatic heterocycles. The van der Waals surface area contributed by atoms with Gasteiger partial charge in [-0.15, -0.1) is 0 Å². The minimum Gasteiger partial charge on any atom is -0.391 e. The zero-order valence-electron chi connectivity index (χ0n) is 21.7. The Morgan fingerprint density at radius 3 is 2.62 bits per heavy atom. The van der Waals surface area contributed by atoms with Crippen molar-refractivity contribution in [2.75, 3.05) is 38.8 Å². The molecule has 0 atom stereocenters. The van der Waals surface area contributed by atoms with Crippen molar-refractivity contribution in [3.05, 3.63) is 47.8 Å². The summed E-state index contributed by atoms with van der Waals surface area (Å²) in [6.07, 6.45) is 3.83. The number of nitrogens with one attached hydrogen (secondary N) is 2. The average Bonchev–Trinajstić information content (AvgIpc) is 3.25. The molecule has 0 radical (unpaired) electrons.